The van der Waals surface area contributed by atoms with E-state index in [1.807, 2.05) is 91.7 Å². The summed E-state index contributed by atoms with van der Waals surface area (Å²) in [6.07, 6.45) is 17.9. The van der Waals surface area contributed by atoms with Crippen molar-refractivity contribution in [3.8, 4) is 22.4 Å². The summed E-state index contributed by atoms with van der Waals surface area (Å²) in [6, 6.07) is 11.3. The number of unbranched alkanes of at least 4 members (excludes halogenated alkanes) is 1. The second kappa shape index (κ2) is 45.5. The van der Waals surface area contributed by atoms with Crippen LogP contribution in [0.25, 0.3) is 44.5 Å². The summed E-state index contributed by atoms with van der Waals surface area (Å²) in [6.45, 7) is 15.6. The van der Waals surface area contributed by atoms with Gasteiger partial charge in [-0.2, -0.15) is 10.1 Å². The van der Waals surface area contributed by atoms with Gasteiger partial charge < -0.3 is 90.1 Å². The lowest BCUT2D eigenvalue weighted by atomic mass is 9.80. The van der Waals surface area contributed by atoms with Gasteiger partial charge in [0.15, 0.2) is 17.0 Å². The standard InChI is InChI=1S/C92H125N17O18/c1-56-17-10-9-11-18-57(2)75(120-7)49-68-26-22-61(6)92(119,127-68)85(116)88(117)108-32-14-12-21-71(108)89(118)125-76(50-72(110)58(3)44-60(5)83(114)84(115)82(113)59(4)43-56)69(93)46-62-23-27-74(77(47-62)121-8)124-54-63-19-16-20-64(45-63)66-51-97-91(98-52-66)106-36-34-105(35-37-106)79(112)29-25-67-53-107(104-102-67)38-40-123-42-41-122-39-30-78(111)96-31-13-15-33-109-87-80(86(94)99-55-100-87)81(103-109)65-24-28-73-70(48-65)101-90(95)126-73/h9-11,16-20,24,28,44-45,48,51-53,55-56,58-59,61-62,68-69,71,74-77,83-84,114-115,119H,12-15,21-23,25-27,29-43,46-47,49-50,54,93H2,1-8H3,(H2,95,101)(H,96,111)(H2,94,99,100)/b11-9+,17-10+,57-18+,60-44+/t56?,58?,59?,61-,62?,68+,69?,71?,74?,75?,76?,77-,83?,84+,92-/m1/s1. The Hall–Kier alpha value is -10.5. The van der Waals surface area contributed by atoms with Crippen molar-refractivity contribution >= 4 is 81.0 Å². The fraction of sp³-hybridized carbons (Fsp3) is 0.576. The van der Waals surface area contributed by atoms with E-state index >= 15 is 0 Å². The number of oxazole rings is 1. The summed E-state index contributed by atoms with van der Waals surface area (Å²) >= 11 is 0. The number of aromatic nitrogens is 10. The number of nitrogens with zero attached hydrogens (tertiary/aromatic N) is 13. The molecular formula is C92H125N17O18. The molecule has 5 aromatic heterocycles. The first-order valence-corrected chi connectivity index (χ1v) is 44.6. The zero-order valence-electron chi connectivity index (χ0n) is 74.1. The number of amides is 3. The predicted molar refractivity (Wildman–Crippen MR) is 472 cm³/mol. The third-order valence-corrected chi connectivity index (χ3v) is 25.1. The maximum absolute atomic E-state index is 14.8. The lowest BCUT2D eigenvalue weighted by molar-refractivity contribution is -0.265. The normalized spacial score (nSPS) is 27.2. The molecule has 35 nitrogen and oxygen atoms in total. The zero-order chi connectivity index (χ0) is 90.4. The van der Waals surface area contributed by atoms with Crippen molar-refractivity contribution in [3.63, 3.8) is 0 Å². The third kappa shape index (κ3) is 25.3. The Morgan fingerprint density at radius 3 is 2.34 bits per heavy atom. The molecule has 1 aliphatic carbocycles. The average Bonchev–Trinajstić information content (AvgIpc) is 1.71. The molecule has 5 aliphatic rings. The van der Waals surface area contributed by atoms with Crippen molar-refractivity contribution in [1.82, 2.24) is 64.8 Å². The van der Waals surface area contributed by atoms with Crippen LogP contribution >= 0.6 is 0 Å². The highest BCUT2D eigenvalue weighted by atomic mass is 16.6. The van der Waals surface area contributed by atoms with Gasteiger partial charge in [0.1, 0.15) is 53.5 Å². The molecule has 0 spiro atoms. The minimum absolute atomic E-state index is 0.0134. The van der Waals surface area contributed by atoms with Crippen LogP contribution in [0.1, 0.15) is 156 Å². The lowest BCUT2D eigenvalue weighted by Crippen LogP contribution is -2.61. The SMILES string of the molecule is COC1C[C@@H]2CC[C@@H](C)[C@@](O)(O2)C(=O)C(=O)N2CCCCC2C(=O)OC(C(N)CC2CCC(OCc3cccc(-c4cnc(N5CCN(C(=O)CCc6cn(CCOCCOCCC(=O)NCCCCn7nc(-c8ccc9oc(N)nc9c8)c8c(N)ncnc87)nn6)CC5)nc4)c3)[C@H](OC)C2)CC(=O)C(C)/C=C(\C)C(O)[C@@H](O)C(=O)C(C)CC(C)/C=C/C=C/C=C/1C. The number of fused-ring (bicyclic) bond motifs is 5. The first-order valence-electron chi connectivity index (χ1n) is 44.6. The number of allylic oxidation sites excluding steroid dienone is 6. The van der Waals surface area contributed by atoms with Gasteiger partial charge >= 0.3 is 5.97 Å². The molecular weight excluding hydrogens is 1630 g/mol. The number of hydrogen-bond donors (Lipinski definition) is 7. The summed E-state index contributed by atoms with van der Waals surface area (Å²) in [4.78, 5) is 125. The molecule has 4 fully saturated rings. The van der Waals surface area contributed by atoms with Crippen LogP contribution in [0.2, 0.25) is 0 Å². The summed E-state index contributed by atoms with van der Waals surface area (Å²) < 4.78 is 51.5. The molecule has 3 amide bonds. The fourth-order valence-electron chi connectivity index (χ4n) is 17.5. The molecule has 127 heavy (non-hydrogen) atoms. The first kappa shape index (κ1) is 95.6. The van der Waals surface area contributed by atoms with E-state index in [2.05, 4.69) is 35.5 Å². The molecule has 35 heteroatoms. The molecule has 10 unspecified atom stereocenters. The second-order valence-electron chi connectivity index (χ2n) is 34.5. The predicted octanol–water partition coefficient (Wildman–Crippen LogP) is 7.90. The molecule has 15 atom stereocenters. The summed E-state index contributed by atoms with van der Waals surface area (Å²) in [7, 11) is 3.19. The number of ketones is 3. The number of ether oxygens (including phenoxy) is 7. The number of cyclic esters (lactones) is 1. The lowest BCUT2D eigenvalue weighted by Gasteiger charge is -2.42. The van der Waals surface area contributed by atoms with E-state index < -0.39 is 95.4 Å². The maximum atomic E-state index is 14.8. The molecule has 7 aromatic rings. The highest BCUT2D eigenvalue weighted by Crippen LogP contribution is 2.39. The monoisotopic (exact) mass is 1760 g/mol. The number of aliphatic hydroxyl groups excluding tert-OH is 2. The first-order chi connectivity index (χ1) is 61.1. The van der Waals surface area contributed by atoms with Gasteiger partial charge in [0.2, 0.25) is 23.5 Å². The molecule has 12 rings (SSSR count). The third-order valence-electron chi connectivity index (χ3n) is 25.1. The van der Waals surface area contributed by atoms with Crippen molar-refractivity contribution in [2.24, 2.45) is 35.3 Å². The van der Waals surface area contributed by atoms with Crippen molar-refractivity contribution in [2.75, 3.05) is 96.3 Å². The maximum Gasteiger partial charge on any atom is 0.329 e. The van der Waals surface area contributed by atoms with Crippen LogP contribution in [-0.4, -0.2) is 256 Å². The Kier molecular flexibility index (Phi) is 34.3. The number of aliphatic hydroxyl groups is 3. The minimum atomic E-state index is -2.50. The summed E-state index contributed by atoms with van der Waals surface area (Å²) in [5, 5.41) is 51.7. The smallest absolute Gasteiger partial charge is 0.329 e. The van der Waals surface area contributed by atoms with Gasteiger partial charge in [-0.3, -0.25) is 28.8 Å². The second-order valence-corrected chi connectivity index (χ2v) is 34.5. The van der Waals surface area contributed by atoms with E-state index in [4.69, 9.17) is 69.8 Å². The van der Waals surface area contributed by atoms with Crippen LogP contribution in [0.5, 0.6) is 0 Å². The fourth-order valence-corrected chi connectivity index (χ4v) is 17.5. The van der Waals surface area contributed by atoms with Crippen LogP contribution in [-0.2, 0) is 92.8 Å². The van der Waals surface area contributed by atoms with Crippen LogP contribution in [0, 0.1) is 29.6 Å². The quantitative estimate of drug-likeness (QED) is 0.0106. The molecule has 9 heterocycles. The Morgan fingerprint density at radius 2 is 1.56 bits per heavy atom. The van der Waals surface area contributed by atoms with Crippen molar-refractivity contribution in [2.45, 2.75) is 231 Å². The van der Waals surface area contributed by atoms with E-state index in [1.165, 1.54) is 19.3 Å². The van der Waals surface area contributed by atoms with Crippen LogP contribution < -0.4 is 27.4 Å². The number of nitrogens with two attached hydrogens (primary N) is 3. The van der Waals surface area contributed by atoms with Crippen LogP contribution in [0.15, 0.2) is 119 Å². The van der Waals surface area contributed by atoms with Gasteiger partial charge in [-0.15, -0.1) is 5.10 Å². The number of piperidine rings is 1. The number of nitrogen functional groups attached to an aromatic ring is 2. The van der Waals surface area contributed by atoms with E-state index in [-0.39, 0.29) is 99.3 Å². The molecule has 1 saturated carbocycles. The number of methoxy groups -OCH3 is 2. The molecule has 10 N–H and O–H groups in total. The summed E-state index contributed by atoms with van der Waals surface area (Å²) in [5.41, 5.74) is 26.7. The Bertz CT molecular complexity index is 5020. The number of nitrogens with one attached hydrogen (secondary N) is 1. The van der Waals surface area contributed by atoms with Crippen molar-refractivity contribution in [3.05, 3.63) is 126 Å². The highest BCUT2D eigenvalue weighted by molar-refractivity contribution is 6.39. The molecule has 2 bridgehead atoms. The molecule has 3 saturated heterocycles. The number of rotatable bonds is 28. The molecule has 4 aliphatic heterocycles. The van der Waals surface area contributed by atoms with E-state index in [1.54, 1.807) is 62.8 Å². The van der Waals surface area contributed by atoms with Crippen LogP contribution in [0.4, 0.5) is 17.8 Å². The summed E-state index contributed by atoms with van der Waals surface area (Å²) in [5.74, 6) is -8.26. The number of esters is 1. The van der Waals surface area contributed by atoms with Gasteiger partial charge in [-0.05, 0) is 149 Å². The van der Waals surface area contributed by atoms with E-state index in [0.29, 0.717) is 182 Å². The number of anilines is 3. The van der Waals surface area contributed by atoms with Gasteiger partial charge in [0.25, 0.3) is 17.7 Å². The van der Waals surface area contributed by atoms with Gasteiger partial charge in [-0.25, -0.2) is 34.1 Å². The van der Waals surface area contributed by atoms with Crippen molar-refractivity contribution in [1.29, 1.82) is 0 Å². The highest BCUT2D eigenvalue weighted by Gasteiger charge is 2.53. The number of carbonyl (C=O) groups is 7. The largest absolute Gasteiger partial charge is 0.459 e. The Labute approximate surface area is 740 Å². The number of Topliss-reactive ketones (excluding diaryl/α,β-unsaturated/α-hetero) is 3. The van der Waals surface area contributed by atoms with Crippen molar-refractivity contribution < 1.29 is 86.5 Å². The Morgan fingerprint density at radius 1 is 0.772 bits per heavy atom. The average molecular weight is 1760 g/mol. The molecule has 2 aromatic carbocycles. The molecule has 686 valence electrons. The zero-order valence-corrected chi connectivity index (χ0v) is 74.1. The minimum Gasteiger partial charge on any atom is -0.459 e. The van der Waals surface area contributed by atoms with Crippen LogP contribution in [0.3, 0.4) is 0 Å². The number of piperazine rings is 1. The van der Waals surface area contributed by atoms with Gasteiger partial charge in [0.05, 0.1) is 75.1 Å². The topological polar surface area (TPSA) is 471 Å². The number of aryl methyl sites for hydroxylation is 2. The Balaban J connectivity index is 0.562. The molecule has 0 radical (unpaired) electrons. The van der Waals surface area contributed by atoms with Gasteiger partial charge in [0, 0.05) is 146 Å². The van der Waals surface area contributed by atoms with E-state index in [9.17, 15) is 48.9 Å². The van der Waals surface area contributed by atoms with E-state index in [0.717, 1.165) is 39.1 Å². The number of carbonyl (C=O) groups excluding carboxylic acids is 7. The van der Waals surface area contributed by atoms with Gasteiger partial charge in [-0.1, -0.05) is 87.6 Å². The number of benzene rings is 2. The number of hydrogen-bond acceptors (Lipinski definition) is 30.